The van der Waals surface area contributed by atoms with Crippen molar-refractivity contribution in [1.29, 1.82) is 0 Å². The summed E-state index contributed by atoms with van der Waals surface area (Å²) >= 11 is 12.0. The highest BCUT2D eigenvalue weighted by Gasteiger charge is 2.22. The van der Waals surface area contributed by atoms with E-state index >= 15 is 0 Å². The number of nitrogens with one attached hydrogen (secondary N) is 1. The maximum absolute atomic E-state index is 6.11. The van der Waals surface area contributed by atoms with Crippen molar-refractivity contribution in [3.05, 3.63) is 48.7 Å². The first-order valence-corrected chi connectivity index (χ1v) is 8.45. The molecule has 1 aromatic heterocycles. The van der Waals surface area contributed by atoms with Crippen LogP contribution >= 0.6 is 50.1 Å². The maximum atomic E-state index is 6.11. The third-order valence-electron chi connectivity index (χ3n) is 2.98. The zero-order valence-corrected chi connectivity index (χ0v) is 15.4. The van der Waals surface area contributed by atoms with Crippen molar-refractivity contribution in [2.24, 2.45) is 5.84 Å². The monoisotopic (exact) mass is 468 g/mol. The van der Waals surface area contributed by atoms with Gasteiger partial charge in [0.25, 0.3) is 0 Å². The van der Waals surface area contributed by atoms with Gasteiger partial charge in [-0.05, 0) is 68.7 Å². The number of rotatable bonds is 5. The average molecular weight is 470 g/mol. The third-order valence-corrected chi connectivity index (χ3v) is 4.81. The Morgan fingerprint density at radius 1 is 1.55 bits per heavy atom. The quantitative estimate of drug-likeness (QED) is 0.397. The fourth-order valence-electron chi connectivity index (χ4n) is 2.10. The van der Waals surface area contributed by atoms with Gasteiger partial charge in [0.05, 0.1) is 22.4 Å². The van der Waals surface area contributed by atoms with Crippen LogP contribution in [0.25, 0.3) is 0 Å². The molecule has 0 amide bonds. The van der Waals surface area contributed by atoms with Crippen molar-refractivity contribution in [2.75, 3.05) is 0 Å². The van der Waals surface area contributed by atoms with Crippen molar-refractivity contribution in [3.8, 4) is 0 Å². The number of hydrogen-bond donors (Lipinski definition) is 2. The SMILES string of the molecule is CCCn1ncc(Br)c1C(NN)c1cc(Cl)ccc1I. The zero-order valence-electron chi connectivity index (χ0n) is 10.9. The number of aromatic nitrogens is 2. The fraction of sp³-hybridized carbons (Fsp3) is 0.308. The Hall–Kier alpha value is -0.150. The Morgan fingerprint density at radius 2 is 2.30 bits per heavy atom. The highest BCUT2D eigenvalue weighted by molar-refractivity contribution is 14.1. The minimum Gasteiger partial charge on any atom is -0.271 e. The van der Waals surface area contributed by atoms with E-state index in [1.807, 2.05) is 22.9 Å². The highest BCUT2D eigenvalue weighted by atomic mass is 127. The summed E-state index contributed by atoms with van der Waals surface area (Å²) in [6, 6.07) is 5.63. The Balaban J connectivity index is 2.52. The van der Waals surface area contributed by atoms with Crippen LogP contribution in [-0.4, -0.2) is 9.78 Å². The number of nitrogens with two attached hydrogens (primary N) is 1. The molecule has 0 aliphatic carbocycles. The molecule has 1 aromatic carbocycles. The summed E-state index contributed by atoms with van der Waals surface area (Å²) in [5.74, 6) is 5.79. The molecule has 108 valence electrons. The molecule has 4 nitrogen and oxygen atoms in total. The van der Waals surface area contributed by atoms with Gasteiger partial charge >= 0.3 is 0 Å². The lowest BCUT2D eigenvalue weighted by Crippen LogP contribution is -2.31. The molecule has 0 radical (unpaired) electrons. The zero-order chi connectivity index (χ0) is 14.7. The summed E-state index contributed by atoms with van der Waals surface area (Å²) in [7, 11) is 0. The van der Waals surface area contributed by atoms with Gasteiger partial charge in [-0.3, -0.25) is 10.5 Å². The molecule has 1 unspecified atom stereocenters. The van der Waals surface area contributed by atoms with E-state index in [0.717, 1.165) is 32.3 Å². The Bertz CT molecular complexity index is 602. The third kappa shape index (κ3) is 3.36. The van der Waals surface area contributed by atoms with E-state index in [1.54, 1.807) is 6.20 Å². The first-order chi connectivity index (χ1) is 9.58. The van der Waals surface area contributed by atoms with Gasteiger partial charge in [-0.15, -0.1) is 0 Å². The predicted molar refractivity (Wildman–Crippen MR) is 93.6 cm³/mol. The molecule has 2 aromatic rings. The molecule has 0 saturated heterocycles. The van der Waals surface area contributed by atoms with E-state index in [2.05, 4.69) is 56.0 Å². The molecule has 0 aliphatic heterocycles. The highest BCUT2D eigenvalue weighted by Crippen LogP contribution is 2.32. The fourth-order valence-corrected chi connectivity index (χ4v) is 3.45. The molecule has 0 aliphatic rings. The van der Waals surface area contributed by atoms with Crippen LogP contribution in [0.5, 0.6) is 0 Å². The van der Waals surface area contributed by atoms with Crippen LogP contribution in [0, 0.1) is 3.57 Å². The first kappa shape index (κ1) is 16.2. The van der Waals surface area contributed by atoms with Crippen molar-refractivity contribution < 1.29 is 0 Å². The van der Waals surface area contributed by atoms with Gasteiger partial charge in [0.2, 0.25) is 0 Å². The van der Waals surface area contributed by atoms with E-state index in [1.165, 1.54) is 0 Å². The number of halogens is 3. The van der Waals surface area contributed by atoms with E-state index in [4.69, 9.17) is 17.4 Å². The molecule has 1 atom stereocenters. The Labute approximate surface area is 145 Å². The van der Waals surface area contributed by atoms with Crippen LogP contribution < -0.4 is 11.3 Å². The van der Waals surface area contributed by atoms with E-state index in [0.29, 0.717) is 5.02 Å². The number of aryl methyl sites for hydroxylation is 1. The van der Waals surface area contributed by atoms with Gasteiger partial charge in [-0.1, -0.05) is 18.5 Å². The summed E-state index contributed by atoms with van der Waals surface area (Å²) in [5, 5.41) is 5.08. The van der Waals surface area contributed by atoms with E-state index < -0.39 is 0 Å². The molecule has 7 heteroatoms. The largest absolute Gasteiger partial charge is 0.271 e. The molecule has 0 bridgehead atoms. The molecule has 0 saturated carbocycles. The summed E-state index contributed by atoms with van der Waals surface area (Å²) in [5.41, 5.74) is 4.92. The molecule has 0 fully saturated rings. The minimum absolute atomic E-state index is 0.163. The van der Waals surface area contributed by atoms with Crippen LogP contribution in [0.3, 0.4) is 0 Å². The number of benzene rings is 1. The second kappa shape index (κ2) is 7.22. The van der Waals surface area contributed by atoms with Crippen molar-refractivity contribution in [2.45, 2.75) is 25.9 Å². The van der Waals surface area contributed by atoms with Crippen molar-refractivity contribution >= 4 is 50.1 Å². The molecule has 3 N–H and O–H groups in total. The Morgan fingerprint density at radius 3 is 2.95 bits per heavy atom. The van der Waals surface area contributed by atoms with Crippen molar-refractivity contribution in [3.63, 3.8) is 0 Å². The number of hydrazine groups is 1. The molecular formula is C13H15BrClIN4. The van der Waals surface area contributed by atoms with Gasteiger partial charge in [0.15, 0.2) is 0 Å². The summed E-state index contributed by atoms with van der Waals surface area (Å²) < 4.78 is 4.00. The molecule has 1 heterocycles. The lowest BCUT2D eigenvalue weighted by Gasteiger charge is -2.20. The van der Waals surface area contributed by atoms with Gasteiger partial charge in [-0.25, -0.2) is 5.43 Å². The van der Waals surface area contributed by atoms with Gasteiger partial charge in [0.1, 0.15) is 0 Å². The first-order valence-electron chi connectivity index (χ1n) is 6.20. The molecule has 2 rings (SSSR count). The molecule has 20 heavy (non-hydrogen) atoms. The van der Waals surface area contributed by atoms with Gasteiger partial charge in [-0.2, -0.15) is 5.10 Å². The maximum Gasteiger partial charge on any atom is 0.0900 e. The van der Waals surface area contributed by atoms with Crippen LogP contribution in [-0.2, 0) is 6.54 Å². The van der Waals surface area contributed by atoms with Crippen LogP contribution in [0.1, 0.15) is 30.6 Å². The summed E-state index contributed by atoms with van der Waals surface area (Å²) in [6.45, 7) is 2.96. The van der Waals surface area contributed by atoms with Gasteiger partial charge in [0, 0.05) is 15.1 Å². The topological polar surface area (TPSA) is 55.9 Å². The van der Waals surface area contributed by atoms with Crippen molar-refractivity contribution in [1.82, 2.24) is 15.2 Å². The standard InChI is InChI=1S/C13H15BrClIN4/c1-2-5-20-13(10(14)7-18-20)12(19-17)9-6-8(15)3-4-11(9)16/h3-4,6-7,12,19H,2,5,17H2,1H3. The van der Waals surface area contributed by atoms with Crippen LogP contribution in [0.2, 0.25) is 5.02 Å². The number of nitrogens with zero attached hydrogens (tertiary/aromatic N) is 2. The van der Waals surface area contributed by atoms with E-state index in [9.17, 15) is 0 Å². The predicted octanol–water partition coefficient (Wildman–Crippen LogP) is 3.87. The summed E-state index contributed by atoms with van der Waals surface area (Å²) in [4.78, 5) is 0. The number of hydrogen-bond acceptors (Lipinski definition) is 3. The van der Waals surface area contributed by atoms with Gasteiger partial charge < -0.3 is 0 Å². The van der Waals surface area contributed by atoms with Crippen LogP contribution in [0.4, 0.5) is 0 Å². The second-order valence-corrected chi connectivity index (χ2v) is 6.82. The van der Waals surface area contributed by atoms with Crippen LogP contribution in [0.15, 0.2) is 28.9 Å². The van der Waals surface area contributed by atoms with E-state index in [-0.39, 0.29) is 6.04 Å². The smallest absolute Gasteiger partial charge is 0.0900 e. The normalized spacial score (nSPS) is 12.7. The second-order valence-electron chi connectivity index (χ2n) is 4.37. The Kier molecular flexibility index (Phi) is 5.85. The minimum atomic E-state index is -0.163. The summed E-state index contributed by atoms with van der Waals surface area (Å²) in [6.07, 6.45) is 2.80. The molecular weight excluding hydrogens is 454 g/mol. The lowest BCUT2D eigenvalue weighted by atomic mass is 10.0. The lowest BCUT2D eigenvalue weighted by molar-refractivity contribution is 0.518. The average Bonchev–Trinajstić information content (AvgIpc) is 2.77. The molecule has 0 spiro atoms.